The van der Waals surface area contributed by atoms with Crippen LogP contribution in [0.1, 0.15) is 12.0 Å². The fourth-order valence-corrected chi connectivity index (χ4v) is 1.69. The average Bonchev–Trinajstić information content (AvgIpc) is 2.23. The fraction of sp³-hybridized carbons (Fsp3) is 0.364. The molecular weight excluding hydrogens is 272 g/mol. The smallest absolute Gasteiger partial charge is 0.319 e. The third kappa shape index (κ3) is 4.20. The van der Waals surface area contributed by atoms with E-state index in [4.69, 9.17) is 5.11 Å². The first kappa shape index (κ1) is 13.0. The van der Waals surface area contributed by atoms with Crippen LogP contribution in [0, 0.1) is 6.92 Å². The van der Waals surface area contributed by atoms with Crippen LogP contribution in [0.4, 0.5) is 10.5 Å². The Labute approximate surface area is 103 Å². The number of anilines is 1. The minimum Gasteiger partial charge on any atom is -0.396 e. The molecule has 0 aliphatic rings. The summed E-state index contributed by atoms with van der Waals surface area (Å²) in [7, 11) is 0. The normalized spacial score (nSPS) is 9.94. The van der Waals surface area contributed by atoms with Crippen LogP contribution >= 0.6 is 15.9 Å². The van der Waals surface area contributed by atoms with Gasteiger partial charge in [0.2, 0.25) is 0 Å². The molecule has 1 aromatic rings. The van der Waals surface area contributed by atoms with Gasteiger partial charge in [-0.3, -0.25) is 0 Å². The van der Waals surface area contributed by atoms with Crippen molar-refractivity contribution in [1.29, 1.82) is 0 Å². The van der Waals surface area contributed by atoms with Crippen LogP contribution in [0.15, 0.2) is 22.7 Å². The van der Waals surface area contributed by atoms with E-state index in [-0.39, 0.29) is 12.6 Å². The third-order valence-corrected chi connectivity index (χ3v) is 2.55. The number of hydrogen-bond donors (Lipinski definition) is 3. The largest absolute Gasteiger partial charge is 0.396 e. The van der Waals surface area contributed by atoms with Gasteiger partial charge in [0.15, 0.2) is 0 Å². The summed E-state index contributed by atoms with van der Waals surface area (Å²) in [5, 5.41) is 14.0. The van der Waals surface area contributed by atoms with Crippen molar-refractivity contribution in [1.82, 2.24) is 5.32 Å². The summed E-state index contributed by atoms with van der Waals surface area (Å²) in [6, 6.07) is 5.39. The maximum Gasteiger partial charge on any atom is 0.319 e. The van der Waals surface area contributed by atoms with E-state index >= 15 is 0 Å². The van der Waals surface area contributed by atoms with Gasteiger partial charge in [0.1, 0.15) is 0 Å². The highest BCUT2D eigenvalue weighted by molar-refractivity contribution is 9.10. The second kappa shape index (κ2) is 6.50. The Balaban J connectivity index is 2.49. The maximum atomic E-state index is 11.4. The van der Waals surface area contributed by atoms with Gasteiger partial charge in [-0.2, -0.15) is 0 Å². The maximum absolute atomic E-state index is 11.4. The molecule has 88 valence electrons. The summed E-state index contributed by atoms with van der Waals surface area (Å²) in [4.78, 5) is 11.4. The Morgan fingerprint density at radius 2 is 2.25 bits per heavy atom. The number of amides is 2. The van der Waals surface area contributed by atoms with Gasteiger partial charge in [-0.25, -0.2) is 4.79 Å². The minimum atomic E-state index is -0.251. The molecule has 0 heterocycles. The molecule has 1 rings (SSSR count). The summed E-state index contributed by atoms with van der Waals surface area (Å²) < 4.78 is 0.983. The molecule has 3 N–H and O–H groups in total. The Kier molecular flexibility index (Phi) is 5.28. The zero-order valence-electron chi connectivity index (χ0n) is 9.09. The summed E-state index contributed by atoms with van der Waals surface area (Å²) in [6.07, 6.45) is 0.562. The number of urea groups is 1. The third-order valence-electron chi connectivity index (χ3n) is 2.06. The SMILES string of the molecule is Cc1cc(Br)ccc1NC(=O)NCCCO. The van der Waals surface area contributed by atoms with Gasteiger partial charge in [-0.15, -0.1) is 0 Å². The number of aliphatic hydroxyl groups is 1. The first-order chi connectivity index (χ1) is 7.63. The standard InChI is InChI=1S/C11H15BrN2O2/c1-8-7-9(12)3-4-10(8)14-11(16)13-5-2-6-15/h3-4,7,15H,2,5-6H2,1H3,(H2,13,14,16). The number of rotatable bonds is 4. The molecule has 0 radical (unpaired) electrons. The van der Waals surface area contributed by atoms with Crippen LogP contribution in [0.5, 0.6) is 0 Å². The van der Waals surface area contributed by atoms with E-state index in [0.717, 1.165) is 15.7 Å². The highest BCUT2D eigenvalue weighted by Gasteiger charge is 2.03. The summed E-state index contributed by atoms with van der Waals surface area (Å²) >= 11 is 3.36. The van der Waals surface area contributed by atoms with Crippen LogP contribution in [-0.2, 0) is 0 Å². The highest BCUT2D eigenvalue weighted by atomic mass is 79.9. The molecule has 0 aliphatic carbocycles. The zero-order valence-corrected chi connectivity index (χ0v) is 10.7. The van der Waals surface area contributed by atoms with E-state index in [0.29, 0.717) is 13.0 Å². The van der Waals surface area contributed by atoms with Gasteiger partial charge in [-0.05, 0) is 37.1 Å². The molecule has 0 fully saturated rings. The molecule has 0 aliphatic heterocycles. The number of benzene rings is 1. The van der Waals surface area contributed by atoms with E-state index in [9.17, 15) is 4.79 Å². The van der Waals surface area contributed by atoms with Gasteiger partial charge >= 0.3 is 6.03 Å². The first-order valence-electron chi connectivity index (χ1n) is 5.05. The van der Waals surface area contributed by atoms with E-state index in [1.54, 1.807) is 0 Å². The number of carbonyl (C=O) groups excluding carboxylic acids is 1. The Morgan fingerprint density at radius 3 is 2.88 bits per heavy atom. The van der Waals surface area contributed by atoms with Crippen molar-refractivity contribution in [3.05, 3.63) is 28.2 Å². The zero-order chi connectivity index (χ0) is 12.0. The molecule has 5 heteroatoms. The molecule has 0 spiro atoms. The van der Waals surface area contributed by atoms with E-state index in [1.807, 2.05) is 25.1 Å². The van der Waals surface area contributed by atoms with Crippen molar-refractivity contribution in [2.75, 3.05) is 18.5 Å². The number of hydrogen-bond acceptors (Lipinski definition) is 2. The lowest BCUT2D eigenvalue weighted by Gasteiger charge is -2.09. The second-order valence-corrected chi connectivity index (χ2v) is 4.33. The lowest BCUT2D eigenvalue weighted by atomic mass is 10.2. The number of aliphatic hydroxyl groups excluding tert-OH is 1. The second-order valence-electron chi connectivity index (χ2n) is 3.42. The molecular formula is C11H15BrN2O2. The molecule has 1 aromatic carbocycles. The van der Waals surface area contributed by atoms with Crippen molar-refractivity contribution in [2.45, 2.75) is 13.3 Å². The number of halogens is 1. The Bertz CT molecular complexity index is 369. The van der Waals surface area contributed by atoms with Crippen LogP contribution < -0.4 is 10.6 Å². The lowest BCUT2D eigenvalue weighted by Crippen LogP contribution is -2.30. The summed E-state index contributed by atoms with van der Waals surface area (Å²) in [6.45, 7) is 2.48. The predicted octanol–water partition coefficient (Wildman–Crippen LogP) is 2.26. The van der Waals surface area contributed by atoms with Crippen molar-refractivity contribution >= 4 is 27.6 Å². The summed E-state index contributed by atoms with van der Waals surface area (Å²) in [5.41, 5.74) is 1.77. The molecule has 0 aromatic heterocycles. The molecule has 4 nitrogen and oxygen atoms in total. The Hall–Kier alpha value is -1.07. The number of carbonyl (C=O) groups is 1. The van der Waals surface area contributed by atoms with Crippen LogP contribution in [0.3, 0.4) is 0 Å². The number of aryl methyl sites for hydroxylation is 1. The van der Waals surface area contributed by atoms with Gasteiger partial charge in [0.25, 0.3) is 0 Å². The molecule has 0 saturated carbocycles. The van der Waals surface area contributed by atoms with Crippen LogP contribution in [-0.4, -0.2) is 24.3 Å². The molecule has 0 saturated heterocycles. The molecule has 16 heavy (non-hydrogen) atoms. The monoisotopic (exact) mass is 286 g/mol. The van der Waals surface area contributed by atoms with Gasteiger partial charge in [0, 0.05) is 23.3 Å². The Morgan fingerprint density at radius 1 is 1.50 bits per heavy atom. The molecule has 0 atom stereocenters. The number of nitrogens with one attached hydrogen (secondary N) is 2. The van der Waals surface area contributed by atoms with Crippen molar-refractivity contribution < 1.29 is 9.90 Å². The van der Waals surface area contributed by atoms with Crippen LogP contribution in [0.2, 0.25) is 0 Å². The highest BCUT2D eigenvalue weighted by Crippen LogP contribution is 2.19. The fourth-order valence-electron chi connectivity index (χ4n) is 1.21. The first-order valence-corrected chi connectivity index (χ1v) is 5.84. The van der Waals surface area contributed by atoms with Crippen molar-refractivity contribution in [2.24, 2.45) is 0 Å². The average molecular weight is 287 g/mol. The summed E-state index contributed by atoms with van der Waals surface area (Å²) in [5.74, 6) is 0. The predicted molar refractivity (Wildman–Crippen MR) is 67.6 cm³/mol. The minimum absolute atomic E-state index is 0.0809. The van der Waals surface area contributed by atoms with Gasteiger partial charge in [0.05, 0.1) is 0 Å². The van der Waals surface area contributed by atoms with Crippen LogP contribution in [0.25, 0.3) is 0 Å². The van der Waals surface area contributed by atoms with E-state index in [1.165, 1.54) is 0 Å². The topological polar surface area (TPSA) is 61.4 Å². The lowest BCUT2D eigenvalue weighted by molar-refractivity contribution is 0.249. The van der Waals surface area contributed by atoms with Gasteiger partial charge in [-0.1, -0.05) is 15.9 Å². The van der Waals surface area contributed by atoms with Crippen molar-refractivity contribution in [3.8, 4) is 0 Å². The molecule has 2 amide bonds. The quantitative estimate of drug-likeness (QED) is 0.744. The van der Waals surface area contributed by atoms with Gasteiger partial charge < -0.3 is 15.7 Å². The van der Waals surface area contributed by atoms with E-state index < -0.39 is 0 Å². The van der Waals surface area contributed by atoms with Crippen molar-refractivity contribution in [3.63, 3.8) is 0 Å². The molecule has 0 unspecified atom stereocenters. The van der Waals surface area contributed by atoms with E-state index in [2.05, 4.69) is 26.6 Å². The molecule has 0 bridgehead atoms.